The van der Waals surface area contributed by atoms with Crippen molar-refractivity contribution in [3.63, 3.8) is 0 Å². The molecule has 3 aromatic carbocycles. The van der Waals surface area contributed by atoms with E-state index in [9.17, 15) is 20.2 Å². The molecule has 0 aliphatic rings. The van der Waals surface area contributed by atoms with Crippen LogP contribution in [0.4, 0.5) is 11.4 Å². The Bertz CT molecular complexity index is 1280. The second-order valence-corrected chi connectivity index (χ2v) is 7.80. The normalized spacial score (nSPS) is 10.9. The zero-order valence-corrected chi connectivity index (χ0v) is 19.0. The Morgan fingerprint density at radius 2 is 1.70 bits per heavy atom. The maximum absolute atomic E-state index is 12.7. The molecule has 0 aliphatic heterocycles. The second-order valence-electron chi connectivity index (χ2n) is 6.58. The highest BCUT2D eigenvalue weighted by Gasteiger charge is 2.19. The van der Waals surface area contributed by atoms with Crippen LogP contribution >= 0.6 is 34.8 Å². The number of nitro groups is 1. The summed E-state index contributed by atoms with van der Waals surface area (Å²) in [6.07, 6.45) is 1.35. The lowest BCUT2D eigenvalue weighted by Crippen LogP contribution is -2.14. The third-order valence-electron chi connectivity index (χ3n) is 4.40. The number of halogens is 3. The van der Waals surface area contributed by atoms with Crippen LogP contribution in [0.25, 0.3) is 6.08 Å². The first-order chi connectivity index (χ1) is 15.8. The van der Waals surface area contributed by atoms with Crippen LogP contribution in [-0.4, -0.2) is 10.8 Å². The molecule has 0 spiro atoms. The van der Waals surface area contributed by atoms with Gasteiger partial charge in [0.2, 0.25) is 0 Å². The van der Waals surface area contributed by atoms with E-state index >= 15 is 0 Å². The number of amides is 1. The molecule has 0 saturated carbocycles. The van der Waals surface area contributed by atoms with E-state index in [0.29, 0.717) is 16.3 Å². The summed E-state index contributed by atoms with van der Waals surface area (Å²) < 4.78 is 5.85. The molecular formula is C23H14Cl3N3O4. The fourth-order valence-corrected chi connectivity index (χ4v) is 3.53. The summed E-state index contributed by atoms with van der Waals surface area (Å²) in [7, 11) is 0. The summed E-state index contributed by atoms with van der Waals surface area (Å²) in [5, 5.41) is 23.2. The smallest absolute Gasteiger partial charge is 0.272 e. The first-order valence-electron chi connectivity index (χ1n) is 9.32. The molecule has 1 amide bonds. The van der Waals surface area contributed by atoms with Crippen molar-refractivity contribution < 1.29 is 14.5 Å². The monoisotopic (exact) mass is 501 g/mol. The standard InChI is InChI=1S/C23H14Cl3N3O4/c24-18-7-3-1-6-15(18)13-33-21-8-4-2-5-14(21)9-16(12-27)23(30)28-22-19(25)10-17(29(31)32)11-20(22)26/h1-11H,13H2,(H,28,30)/b16-9+. The van der Waals surface area contributed by atoms with Crippen molar-refractivity contribution in [2.75, 3.05) is 5.32 Å². The van der Waals surface area contributed by atoms with Gasteiger partial charge >= 0.3 is 0 Å². The Balaban J connectivity index is 1.84. The Labute approximate surface area is 203 Å². The van der Waals surface area contributed by atoms with Gasteiger partial charge in [-0.05, 0) is 18.2 Å². The minimum atomic E-state index is -0.795. The molecule has 0 bridgehead atoms. The molecule has 3 aromatic rings. The number of para-hydroxylation sites is 1. The van der Waals surface area contributed by atoms with Crippen LogP contribution in [0, 0.1) is 21.4 Å². The van der Waals surface area contributed by atoms with Gasteiger partial charge in [0.15, 0.2) is 0 Å². The molecule has 1 N–H and O–H groups in total. The van der Waals surface area contributed by atoms with Crippen molar-refractivity contribution in [3.8, 4) is 11.8 Å². The zero-order chi connectivity index (χ0) is 24.0. The maximum Gasteiger partial charge on any atom is 0.272 e. The Morgan fingerprint density at radius 3 is 2.33 bits per heavy atom. The average molecular weight is 503 g/mol. The van der Waals surface area contributed by atoms with Crippen molar-refractivity contribution in [1.29, 1.82) is 5.26 Å². The van der Waals surface area contributed by atoms with Crippen LogP contribution in [0.2, 0.25) is 15.1 Å². The van der Waals surface area contributed by atoms with Crippen LogP contribution in [0.15, 0.2) is 66.2 Å². The fourth-order valence-electron chi connectivity index (χ4n) is 2.77. The van der Waals surface area contributed by atoms with Crippen molar-refractivity contribution in [2.45, 2.75) is 6.61 Å². The van der Waals surface area contributed by atoms with Crippen LogP contribution in [-0.2, 0) is 11.4 Å². The predicted octanol–water partition coefficient (Wildman–Crippen LogP) is 6.68. The van der Waals surface area contributed by atoms with E-state index in [2.05, 4.69) is 5.32 Å². The summed E-state index contributed by atoms with van der Waals surface area (Å²) in [5.74, 6) is -0.361. The number of benzene rings is 3. The molecule has 3 rings (SSSR count). The highest BCUT2D eigenvalue weighted by atomic mass is 35.5. The maximum atomic E-state index is 12.7. The first kappa shape index (κ1) is 24.1. The summed E-state index contributed by atoms with van der Waals surface area (Å²) in [4.78, 5) is 23.0. The number of carbonyl (C=O) groups is 1. The van der Waals surface area contributed by atoms with E-state index in [1.165, 1.54) is 6.08 Å². The number of ether oxygens (including phenoxy) is 1. The molecule has 33 heavy (non-hydrogen) atoms. The van der Waals surface area contributed by atoms with Gasteiger partial charge in [-0.25, -0.2) is 0 Å². The number of anilines is 1. The third-order valence-corrected chi connectivity index (χ3v) is 5.37. The number of nitro benzene ring substituents is 1. The van der Waals surface area contributed by atoms with E-state index < -0.39 is 10.8 Å². The summed E-state index contributed by atoms with van der Waals surface area (Å²) in [6, 6.07) is 18.0. The lowest BCUT2D eigenvalue weighted by atomic mass is 10.1. The number of rotatable bonds is 7. The highest BCUT2D eigenvalue weighted by Crippen LogP contribution is 2.35. The molecule has 0 aromatic heterocycles. The number of nitrogens with one attached hydrogen (secondary N) is 1. The summed E-state index contributed by atoms with van der Waals surface area (Å²) in [6.45, 7) is 0.187. The molecule has 0 radical (unpaired) electrons. The van der Waals surface area contributed by atoms with Gasteiger partial charge in [0, 0.05) is 28.3 Å². The lowest BCUT2D eigenvalue weighted by Gasteiger charge is -2.11. The molecular weight excluding hydrogens is 489 g/mol. The molecule has 10 heteroatoms. The number of nitriles is 1. The molecule has 0 atom stereocenters. The van der Waals surface area contributed by atoms with Gasteiger partial charge in [0.05, 0.1) is 20.7 Å². The summed E-state index contributed by atoms with van der Waals surface area (Å²) >= 11 is 18.2. The fraction of sp³-hybridized carbons (Fsp3) is 0.0435. The average Bonchev–Trinajstić information content (AvgIpc) is 2.79. The van der Waals surface area contributed by atoms with Crippen molar-refractivity contribution in [1.82, 2.24) is 0 Å². The van der Waals surface area contributed by atoms with E-state index in [1.807, 2.05) is 24.3 Å². The van der Waals surface area contributed by atoms with Crippen LogP contribution < -0.4 is 10.1 Å². The Kier molecular flexibility index (Phi) is 7.91. The van der Waals surface area contributed by atoms with E-state index in [4.69, 9.17) is 39.5 Å². The number of carbonyl (C=O) groups excluding carboxylic acids is 1. The van der Waals surface area contributed by atoms with Crippen molar-refractivity contribution in [2.24, 2.45) is 0 Å². The number of nitrogens with zero attached hydrogens (tertiary/aromatic N) is 2. The van der Waals surface area contributed by atoms with Crippen LogP contribution in [0.5, 0.6) is 5.75 Å². The van der Waals surface area contributed by atoms with Crippen LogP contribution in [0.1, 0.15) is 11.1 Å². The van der Waals surface area contributed by atoms with Gasteiger partial charge in [-0.2, -0.15) is 5.26 Å². The molecule has 0 unspecified atom stereocenters. The largest absolute Gasteiger partial charge is 0.488 e. The minimum absolute atomic E-state index is 0.0432. The van der Waals surface area contributed by atoms with Gasteiger partial charge in [-0.15, -0.1) is 0 Å². The van der Waals surface area contributed by atoms with Gasteiger partial charge < -0.3 is 10.1 Å². The second kappa shape index (κ2) is 10.8. The van der Waals surface area contributed by atoms with E-state index in [-0.39, 0.29) is 33.6 Å². The number of hydrogen-bond donors (Lipinski definition) is 1. The molecule has 0 saturated heterocycles. The van der Waals surface area contributed by atoms with E-state index in [0.717, 1.165) is 17.7 Å². The number of hydrogen-bond acceptors (Lipinski definition) is 5. The molecule has 7 nitrogen and oxygen atoms in total. The Morgan fingerprint density at radius 1 is 1.06 bits per heavy atom. The highest BCUT2D eigenvalue weighted by molar-refractivity contribution is 6.40. The molecule has 0 heterocycles. The SMILES string of the molecule is N#C/C(=C\c1ccccc1OCc1ccccc1Cl)C(=O)Nc1c(Cl)cc([N+](=O)[O-])cc1Cl. The Hall–Kier alpha value is -3.57. The predicted molar refractivity (Wildman–Crippen MR) is 128 cm³/mol. The topological polar surface area (TPSA) is 105 Å². The molecule has 166 valence electrons. The van der Waals surface area contributed by atoms with Gasteiger partial charge in [0.1, 0.15) is 24.0 Å². The van der Waals surface area contributed by atoms with E-state index in [1.54, 1.807) is 30.3 Å². The minimum Gasteiger partial charge on any atom is -0.488 e. The number of non-ortho nitro benzene ring substituents is 1. The van der Waals surface area contributed by atoms with Gasteiger partial charge in [-0.3, -0.25) is 14.9 Å². The quantitative estimate of drug-likeness (QED) is 0.168. The lowest BCUT2D eigenvalue weighted by molar-refractivity contribution is -0.384. The third kappa shape index (κ3) is 6.02. The van der Waals surface area contributed by atoms with Gasteiger partial charge in [-0.1, -0.05) is 71.2 Å². The molecule has 0 aliphatic carbocycles. The first-order valence-corrected chi connectivity index (χ1v) is 10.5. The van der Waals surface area contributed by atoms with Crippen molar-refractivity contribution >= 4 is 58.2 Å². The summed E-state index contributed by atoms with van der Waals surface area (Å²) in [5.41, 5.74) is 0.632. The van der Waals surface area contributed by atoms with Crippen molar-refractivity contribution in [3.05, 3.63) is 103 Å². The van der Waals surface area contributed by atoms with Gasteiger partial charge in [0.25, 0.3) is 11.6 Å². The zero-order valence-electron chi connectivity index (χ0n) is 16.7. The van der Waals surface area contributed by atoms with Crippen LogP contribution in [0.3, 0.4) is 0 Å². The molecule has 0 fully saturated rings.